The van der Waals surface area contributed by atoms with E-state index in [0.717, 1.165) is 0 Å². The zero-order valence-electron chi connectivity index (χ0n) is 16.0. The van der Waals surface area contributed by atoms with Gasteiger partial charge in [0.15, 0.2) is 0 Å². The summed E-state index contributed by atoms with van der Waals surface area (Å²) in [5, 5.41) is 7.87. The summed E-state index contributed by atoms with van der Waals surface area (Å²) in [6, 6.07) is 38.1. The molecule has 0 nitrogen and oxygen atoms in total. The minimum atomic E-state index is 1.31. The van der Waals surface area contributed by atoms with Crippen LogP contribution in [0.4, 0.5) is 0 Å². The average molecular weight is 361 g/mol. The summed E-state index contributed by atoms with van der Waals surface area (Å²) < 4.78 is 0. The van der Waals surface area contributed by atoms with Crippen LogP contribution in [-0.2, 0) is 0 Å². The van der Waals surface area contributed by atoms with Crippen molar-refractivity contribution in [3.63, 3.8) is 0 Å². The summed E-state index contributed by atoms with van der Waals surface area (Å²) in [4.78, 5) is 0. The molecule has 5 rings (SSSR count). The lowest BCUT2D eigenvalue weighted by Crippen LogP contribution is -1.74. The average Bonchev–Trinajstić information content (AvgIpc) is 2.78. The minimum Gasteiger partial charge on any atom is -0.0991 e. The Bertz CT molecular complexity index is 1020. The highest BCUT2D eigenvalue weighted by molar-refractivity contribution is 5.98. The van der Waals surface area contributed by atoms with E-state index in [0.29, 0.717) is 0 Å². The summed E-state index contributed by atoms with van der Waals surface area (Å²) in [7, 11) is 0. The first-order valence-corrected chi connectivity index (χ1v) is 9.36. The Morgan fingerprint density at radius 2 is 0.571 bits per heavy atom. The van der Waals surface area contributed by atoms with Gasteiger partial charge in [-0.1, -0.05) is 122 Å². The number of fused-ring (bicyclic) bond motifs is 3. The molecule has 0 aliphatic rings. The molecule has 0 heteroatoms. The summed E-state index contributed by atoms with van der Waals surface area (Å²) in [5.41, 5.74) is 0. The standard InChI is InChI=1S/C14H10.C10H8.C4H6/c1-2-6-12-10-14-8-4-3-7-13(14)9-11(12)5-1;1-2-6-10-8-4-3-7-9(10)5-1;1-3-4-2/h1-10H;1-8H;3-4H,1-2H2. The van der Waals surface area contributed by atoms with Crippen molar-refractivity contribution in [1.82, 2.24) is 0 Å². The Balaban J connectivity index is 0.000000141. The second kappa shape index (κ2) is 9.89. The number of allylic oxidation sites excluding steroid dienone is 2. The molecule has 0 N–H and O–H groups in total. The molecule has 0 aromatic heterocycles. The highest BCUT2D eigenvalue weighted by atomic mass is 14.0. The van der Waals surface area contributed by atoms with Gasteiger partial charge in [-0.05, 0) is 44.5 Å². The molecule has 0 bridgehead atoms. The molecule has 5 aromatic rings. The fourth-order valence-electron chi connectivity index (χ4n) is 3.02. The predicted octanol–water partition coefficient (Wildman–Crippen LogP) is 8.19. The maximum absolute atomic E-state index is 3.36. The van der Waals surface area contributed by atoms with E-state index < -0.39 is 0 Å². The first-order valence-electron chi connectivity index (χ1n) is 9.36. The molecule has 0 amide bonds. The van der Waals surface area contributed by atoms with Crippen LogP contribution in [0.1, 0.15) is 0 Å². The Morgan fingerprint density at radius 3 is 0.786 bits per heavy atom. The van der Waals surface area contributed by atoms with Gasteiger partial charge >= 0.3 is 0 Å². The van der Waals surface area contributed by atoms with E-state index in [4.69, 9.17) is 0 Å². The van der Waals surface area contributed by atoms with Crippen LogP contribution < -0.4 is 0 Å². The molecule has 0 radical (unpaired) electrons. The van der Waals surface area contributed by atoms with Crippen LogP contribution in [0.3, 0.4) is 0 Å². The lowest BCUT2D eigenvalue weighted by atomic mass is 10.0. The van der Waals surface area contributed by atoms with Crippen LogP contribution in [0.2, 0.25) is 0 Å². The Kier molecular flexibility index (Phi) is 6.76. The van der Waals surface area contributed by atoms with Crippen molar-refractivity contribution >= 4 is 32.3 Å². The second-order valence-corrected chi connectivity index (χ2v) is 6.37. The van der Waals surface area contributed by atoms with Gasteiger partial charge in [0.2, 0.25) is 0 Å². The lowest BCUT2D eigenvalue weighted by Gasteiger charge is -2.00. The summed E-state index contributed by atoms with van der Waals surface area (Å²) in [6.07, 6.45) is 3.28. The summed E-state index contributed by atoms with van der Waals surface area (Å²) in [5.74, 6) is 0. The summed E-state index contributed by atoms with van der Waals surface area (Å²) in [6.45, 7) is 6.72. The maximum atomic E-state index is 3.36. The molecule has 0 saturated heterocycles. The van der Waals surface area contributed by atoms with E-state index >= 15 is 0 Å². The summed E-state index contributed by atoms with van der Waals surface area (Å²) >= 11 is 0. The molecule has 0 heterocycles. The maximum Gasteiger partial charge on any atom is -0.0178 e. The van der Waals surface area contributed by atoms with E-state index in [-0.39, 0.29) is 0 Å². The second-order valence-electron chi connectivity index (χ2n) is 6.37. The van der Waals surface area contributed by atoms with Crippen LogP contribution in [-0.4, -0.2) is 0 Å². The van der Waals surface area contributed by atoms with Gasteiger partial charge in [0.25, 0.3) is 0 Å². The molecule has 28 heavy (non-hydrogen) atoms. The first-order chi connectivity index (χ1) is 13.8. The number of benzene rings is 5. The minimum absolute atomic E-state index is 1.31. The molecule has 0 saturated carbocycles. The fraction of sp³-hybridized carbons (Fsp3) is 0. The number of rotatable bonds is 1. The number of hydrogen-bond acceptors (Lipinski definition) is 0. The van der Waals surface area contributed by atoms with Crippen molar-refractivity contribution in [2.45, 2.75) is 0 Å². The molecule has 0 atom stereocenters. The molecule has 136 valence electrons. The Morgan fingerprint density at radius 1 is 0.357 bits per heavy atom. The Labute approximate surface area is 167 Å². The van der Waals surface area contributed by atoms with Gasteiger partial charge in [0.1, 0.15) is 0 Å². The van der Waals surface area contributed by atoms with Gasteiger partial charge in [-0.3, -0.25) is 0 Å². The first kappa shape index (κ1) is 19.1. The van der Waals surface area contributed by atoms with Crippen LogP contribution in [0.5, 0.6) is 0 Å². The van der Waals surface area contributed by atoms with Crippen molar-refractivity contribution in [3.05, 3.63) is 135 Å². The highest BCUT2D eigenvalue weighted by Gasteiger charge is 1.95. The van der Waals surface area contributed by atoms with Crippen molar-refractivity contribution < 1.29 is 0 Å². The molecule has 0 aliphatic carbocycles. The lowest BCUT2D eigenvalue weighted by molar-refractivity contribution is 1.75. The van der Waals surface area contributed by atoms with Gasteiger partial charge in [0, 0.05) is 0 Å². The van der Waals surface area contributed by atoms with E-state index in [2.05, 4.69) is 122 Å². The molecule has 0 fully saturated rings. The topological polar surface area (TPSA) is 0 Å². The molecular formula is C28H24. The third kappa shape index (κ3) is 4.96. The van der Waals surface area contributed by atoms with E-state index in [1.807, 2.05) is 0 Å². The fourth-order valence-corrected chi connectivity index (χ4v) is 3.02. The van der Waals surface area contributed by atoms with E-state index in [1.165, 1.54) is 32.3 Å². The molecule has 0 unspecified atom stereocenters. The molecule has 0 spiro atoms. The third-order valence-electron chi connectivity index (χ3n) is 4.44. The van der Waals surface area contributed by atoms with Crippen LogP contribution in [0.25, 0.3) is 32.3 Å². The quantitative estimate of drug-likeness (QED) is 0.209. The van der Waals surface area contributed by atoms with Crippen LogP contribution in [0.15, 0.2) is 135 Å². The Hall–Kier alpha value is -3.64. The van der Waals surface area contributed by atoms with Gasteiger partial charge in [-0.25, -0.2) is 0 Å². The zero-order chi connectivity index (χ0) is 19.6. The molecular weight excluding hydrogens is 336 g/mol. The number of hydrogen-bond donors (Lipinski definition) is 0. The molecule has 5 aromatic carbocycles. The predicted molar refractivity (Wildman–Crippen MR) is 126 cm³/mol. The van der Waals surface area contributed by atoms with Gasteiger partial charge in [-0.15, -0.1) is 0 Å². The monoisotopic (exact) mass is 360 g/mol. The molecule has 0 aliphatic heterocycles. The largest absolute Gasteiger partial charge is 0.0991 e. The van der Waals surface area contributed by atoms with Gasteiger partial charge < -0.3 is 0 Å². The SMILES string of the molecule is C=CC=C.c1ccc2cc3ccccc3cc2c1.c1ccc2ccccc2c1. The normalized spacial score (nSPS) is 9.71. The van der Waals surface area contributed by atoms with Crippen molar-refractivity contribution in [2.75, 3.05) is 0 Å². The van der Waals surface area contributed by atoms with Crippen molar-refractivity contribution in [3.8, 4) is 0 Å². The highest BCUT2D eigenvalue weighted by Crippen LogP contribution is 2.22. The smallest absolute Gasteiger partial charge is 0.0178 e. The van der Waals surface area contributed by atoms with Crippen LogP contribution >= 0.6 is 0 Å². The van der Waals surface area contributed by atoms with Crippen molar-refractivity contribution in [1.29, 1.82) is 0 Å². The van der Waals surface area contributed by atoms with Crippen molar-refractivity contribution in [2.24, 2.45) is 0 Å². The van der Waals surface area contributed by atoms with Gasteiger partial charge in [0.05, 0.1) is 0 Å². The van der Waals surface area contributed by atoms with E-state index in [9.17, 15) is 0 Å². The van der Waals surface area contributed by atoms with Crippen LogP contribution in [0, 0.1) is 0 Å². The van der Waals surface area contributed by atoms with Gasteiger partial charge in [-0.2, -0.15) is 0 Å². The zero-order valence-corrected chi connectivity index (χ0v) is 16.0. The van der Waals surface area contributed by atoms with E-state index in [1.54, 1.807) is 12.2 Å². The third-order valence-corrected chi connectivity index (χ3v) is 4.44.